The molecule has 1 saturated heterocycles. The van der Waals surface area contributed by atoms with Gasteiger partial charge in [0.25, 0.3) is 0 Å². The Bertz CT molecular complexity index is 560. The van der Waals surface area contributed by atoms with Crippen molar-refractivity contribution < 1.29 is 8.95 Å². The molecule has 3 unspecified atom stereocenters. The van der Waals surface area contributed by atoms with Gasteiger partial charge in [0, 0.05) is 16.2 Å². The van der Waals surface area contributed by atoms with Crippen molar-refractivity contribution in [3.63, 3.8) is 0 Å². The molecule has 21 heavy (non-hydrogen) atoms. The van der Waals surface area contributed by atoms with E-state index in [-0.39, 0.29) is 5.54 Å². The van der Waals surface area contributed by atoms with Crippen LogP contribution in [0.4, 0.5) is 0 Å². The van der Waals surface area contributed by atoms with Gasteiger partial charge in [0.2, 0.25) is 0 Å². The van der Waals surface area contributed by atoms with Crippen LogP contribution < -0.4 is 4.74 Å². The first-order valence-electron chi connectivity index (χ1n) is 7.81. The third kappa shape index (κ3) is 2.76. The molecule has 1 aromatic rings. The minimum absolute atomic E-state index is 0.234. The highest BCUT2D eigenvalue weighted by atomic mass is 32.2. The minimum Gasteiger partial charge on any atom is -0.497 e. The Balaban J connectivity index is 1.87. The van der Waals surface area contributed by atoms with Gasteiger partial charge in [-0.15, -0.1) is 0 Å². The van der Waals surface area contributed by atoms with Gasteiger partial charge < -0.3 is 9.64 Å². The van der Waals surface area contributed by atoms with E-state index in [1.54, 1.807) is 7.11 Å². The molecule has 0 N–H and O–H groups in total. The average molecular weight is 307 g/mol. The quantitative estimate of drug-likeness (QED) is 0.859. The highest BCUT2D eigenvalue weighted by Gasteiger charge is 2.38. The number of fused-ring (bicyclic) bond motifs is 1. The number of hydrogen-bond acceptors (Lipinski definition) is 3. The zero-order valence-electron chi connectivity index (χ0n) is 13.2. The Morgan fingerprint density at radius 2 is 2.24 bits per heavy atom. The van der Waals surface area contributed by atoms with Crippen LogP contribution in [0.25, 0.3) is 0 Å². The van der Waals surface area contributed by atoms with E-state index in [1.165, 1.54) is 31.4 Å². The summed E-state index contributed by atoms with van der Waals surface area (Å²) in [7, 11) is 3.08. The lowest BCUT2D eigenvalue weighted by Gasteiger charge is -2.44. The molecular formula is C17H25NO2S. The molecule has 4 heteroatoms. The third-order valence-corrected chi connectivity index (χ3v) is 6.89. The van der Waals surface area contributed by atoms with E-state index in [0.29, 0.717) is 5.92 Å². The average Bonchev–Trinajstić information content (AvgIpc) is 2.78. The van der Waals surface area contributed by atoms with Gasteiger partial charge in [-0.25, -0.2) is 0 Å². The lowest BCUT2D eigenvalue weighted by atomic mass is 9.79. The fraction of sp³-hybridized carbons (Fsp3) is 0.647. The fourth-order valence-corrected chi connectivity index (χ4v) is 5.37. The van der Waals surface area contributed by atoms with Gasteiger partial charge in [0.15, 0.2) is 0 Å². The number of piperidine rings is 1. The van der Waals surface area contributed by atoms with Crippen molar-refractivity contribution in [2.24, 2.45) is 0 Å². The summed E-state index contributed by atoms with van der Waals surface area (Å²) in [6, 6.07) is 6.00. The minimum atomic E-state index is -0.846. The molecule has 1 fully saturated rings. The summed E-state index contributed by atoms with van der Waals surface area (Å²) >= 11 is 0. The van der Waals surface area contributed by atoms with Crippen molar-refractivity contribution in [2.75, 3.05) is 26.5 Å². The van der Waals surface area contributed by atoms with Gasteiger partial charge in [-0.05, 0) is 69.5 Å². The van der Waals surface area contributed by atoms with Crippen molar-refractivity contribution in [1.82, 2.24) is 4.90 Å². The maximum Gasteiger partial charge on any atom is 0.119 e. The number of ether oxygens (including phenoxy) is 1. The van der Waals surface area contributed by atoms with E-state index in [4.69, 9.17) is 4.74 Å². The van der Waals surface area contributed by atoms with E-state index in [0.717, 1.165) is 22.8 Å². The number of hydrogen-bond donors (Lipinski definition) is 0. The number of methoxy groups -OCH3 is 1. The molecule has 0 aliphatic carbocycles. The molecule has 0 saturated carbocycles. The van der Waals surface area contributed by atoms with Crippen LogP contribution in [0.15, 0.2) is 23.1 Å². The number of likely N-dealkylation sites (tertiary alicyclic amines) is 1. The predicted octanol–water partition coefficient (Wildman–Crippen LogP) is 3.16. The van der Waals surface area contributed by atoms with Gasteiger partial charge in [0.05, 0.1) is 17.9 Å². The topological polar surface area (TPSA) is 29.5 Å². The summed E-state index contributed by atoms with van der Waals surface area (Å²) in [4.78, 5) is 3.51. The first kappa shape index (κ1) is 15.0. The van der Waals surface area contributed by atoms with Crippen molar-refractivity contribution in [2.45, 2.75) is 49.0 Å². The van der Waals surface area contributed by atoms with E-state index in [2.05, 4.69) is 24.9 Å². The Labute approximate surface area is 130 Å². The fourth-order valence-electron chi connectivity index (χ4n) is 3.82. The second-order valence-electron chi connectivity index (χ2n) is 6.69. The molecule has 1 aromatic carbocycles. The summed E-state index contributed by atoms with van der Waals surface area (Å²) in [5.74, 6) is 2.03. The summed E-state index contributed by atoms with van der Waals surface area (Å²) in [6.07, 6.45) is 4.94. The van der Waals surface area contributed by atoms with Crippen LogP contribution in [0, 0.1) is 0 Å². The monoisotopic (exact) mass is 307 g/mol. The highest BCUT2D eigenvalue weighted by Crippen LogP contribution is 2.42. The summed E-state index contributed by atoms with van der Waals surface area (Å²) in [6.45, 7) is 3.55. The molecule has 0 amide bonds. The second kappa shape index (κ2) is 5.73. The number of nitrogens with zero attached hydrogens (tertiary/aromatic N) is 1. The maximum absolute atomic E-state index is 12.4. The molecule has 3 nitrogen and oxygen atoms in total. The number of rotatable bonds is 3. The molecular weight excluding hydrogens is 282 g/mol. The highest BCUT2D eigenvalue weighted by molar-refractivity contribution is 7.85. The standard InChI is InChI=1S/C17H25NO2S/c1-17(8-4-5-9-18(17)2)11-13-12-21(19)16-7-6-14(20-3)10-15(13)16/h6-7,10,13H,4-5,8-9,11-12H2,1-3H3. The molecule has 2 aliphatic rings. The predicted molar refractivity (Wildman–Crippen MR) is 86.5 cm³/mol. The second-order valence-corrected chi connectivity index (χ2v) is 8.16. The SMILES string of the molecule is COc1ccc2c(c1)C(CC1(C)CCCCN1C)CS2=O. The first-order valence-corrected chi connectivity index (χ1v) is 9.13. The van der Waals surface area contributed by atoms with Gasteiger partial charge in [-0.3, -0.25) is 4.21 Å². The largest absolute Gasteiger partial charge is 0.497 e. The van der Waals surface area contributed by atoms with Crippen molar-refractivity contribution in [3.05, 3.63) is 23.8 Å². The van der Waals surface area contributed by atoms with Gasteiger partial charge in [0.1, 0.15) is 5.75 Å². The van der Waals surface area contributed by atoms with Gasteiger partial charge in [-0.2, -0.15) is 0 Å². The molecule has 0 radical (unpaired) electrons. The van der Waals surface area contributed by atoms with Crippen LogP contribution in [0.3, 0.4) is 0 Å². The Hall–Kier alpha value is -0.870. The molecule has 0 spiro atoms. The third-order valence-electron chi connectivity index (χ3n) is 5.32. The Morgan fingerprint density at radius 1 is 1.43 bits per heavy atom. The van der Waals surface area contributed by atoms with Crippen LogP contribution in [0.1, 0.15) is 44.1 Å². The van der Waals surface area contributed by atoms with Crippen LogP contribution >= 0.6 is 0 Å². The molecule has 2 heterocycles. The molecule has 2 aliphatic heterocycles. The van der Waals surface area contributed by atoms with E-state index < -0.39 is 10.8 Å². The zero-order valence-corrected chi connectivity index (χ0v) is 14.0. The molecule has 3 rings (SSSR count). The molecule has 3 atom stereocenters. The lowest BCUT2D eigenvalue weighted by molar-refractivity contribution is 0.0763. The van der Waals surface area contributed by atoms with E-state index in [1.807, 2.05) is 12.1 Å². The van der Waals surface area contributed by atoms with Gasteiger partial charge >= 0.3 is 0 Å². The molecule has 116 valence electrons. The van der Waals surface area contributed by atoms with Crippen LogP contribution in [-0.4, -0.2) is 41.1 Å². The molecule has 0 bridgehead atoms. The van der Waals surface area contributed by atoms with Crippen LogP contribution in [0.2, 0.25) is 0 Å². The summed E-state index contributed by atoms with van der Waals surface area (Å²) in [5.41, 5.74) is 1.48. The number of benzene rings is 1. The van der Waals surface area contributed by atoms with Crippen molar-refractivity contribution in [1.29, 1.82) is 0 Å². The van der Waals surface area contributed by atoms with Gasteiger partial charge in [-0.1, -0.05) is 6.42 Å². The molecule has 0 aromatic heterocycles. The zero-order chi connectivity index (χ0) is 15.0. The maximum atomic E-state index is 12.4. The Kier molecular flexibility index (Phi) is 4.10. The Morgan fingerprint density at radius 3 is 2.95 bits per heavy atom. The van der Waals surface area contributed by atoms with E-state index in [9.17, 15) is 4.21 Å². The first-order chi connectivity index (χ1) is 10.0. The van der Waals surface area contributed by atoms with Crippen LogP contribution in [0.5, 0.6) is 5.75 Å². The lowest BCUT2D eigenvalue weighted by Crippen LogP contribution is -2.48. The van der Waals surface area contributed by atoms with Crippen molar-refractivity contribution in [3.8, 4) is 5.75 Å². The summed E-state index contributed by atoms with van der Waals surface area (Å²) in [5, 5.41) is 0. The normalized spacial score (nSPS) is 32.9. The van der Waals surface area contributed by atoms with E-state index >= 15 is 0 Å². The summed E-state index contributed by atoms with van der Waals surface area (Å²) < 4.78 is 17.7. The smallest absolute Gasteiger partial charge is 0.119 e. The van der Waals surface area contributed by atoms with Crippen molar-refractivity contribution >= 4 is 10.8 Å². The van der Waals surface area contributed by atoms with Crippen LogP contribution in [-0.2, 0) is 10.8 Å².